The lowest BCUT2D eigenvalue weighted by Crippen LogP contribution is -2.19. The van der Waals surface area contributed by atoms with Gasteiger partial charge in [-0.15, -0.1) is 0 Å². The lowest BCUT2D eigenvalue weighted by atomic mass is 9.97. The summed E-state index contributed by atoms with van der Waals surface area (Å²) >= 11 is 0. The number of fused-ring (bicyclic) bond motifs is 1. The van der Waals surface area contributed by atoms with Gasteiger partial charge in [0.25, 0.3) is 5.91 Å². The quantitative estimate of drug-likeness (QED) is 0.849. The van der Waals surface area contributed by atoms with E-state index >= 15 is 0 Å². The van der Waals surface area contributed by atoms with Gasteiger partial charge < -0.3 is 15.4 Å². The summed E-state index contributed by atoms with van der Waals surface area (Å²) < 4.78 is 4.74. The third-order valence-electron chi connectivity index (χ3n) is 4.25. The van der Waals surface area contributed by atoms with Crippen molar-refractivity contribution in [1.82, 2.24) is 0 Å². The summed E-state index contributed by atoms with van der Waals surface area (Å²) in [6.07, 6.45) is 1.89. The van der Waals surface area contributed by atoms with E-state index in [0.29, 0.717) is 16.8 Å². The molecule has 1 aliphatic heterocycles. The number of benzene rings is 2. The molecule has 0 unspecified atom stereocenters. The van der Waals surface area contributed by atoms with Crippen molar-refractivity contribution >= 4 is 23.3 Å². The molecule has 24 heavy (non-hydrogen) atoms. The zero-order valence-electron chi connectivity index (χ0n) is 13.8. The third-order valence-corrected chi connectivity index (χ3v) is 4.25. The van der Waals surface area contributed by atoms with Gasteiger partial charge >= 0.3 is 5.97 Å². The number of nitrogens with one attached hydrogen (secondary N) is 2. The molecule has 0 saturated heterocycles. The Morgan fingerprint density at radius 3 is 2.83 bits per heavy atom. The normalized spacial score (nSPS) is 12.8. The van der Waals surface area contributed by atoms with Gasteiger partial charge in [-0.1, -0.05) is 12.1 Å². The van der Waals surface area contributed by atoms with Gasteiger partial charge in [0.1, 0.15) is 0 Å². The van der Waals surface area contributed by atoms with Crippen LogP contribution in [0.2, 0.25) is 0 Å². The largest absolute Gasteiger partial charge is 0.465 e. The summed E-state index contributed by atoms with van der Waals surface area (Å²) in [7, 11) is 1.34. The predicted octanol–water partition coefficient (Wildman–Crippen LogP) is 3.39. The summed E-state index contributed by atoms with van der Waals surface area (Å²) in [5.74, 6) is -0.590. The number of anilines is 2. The van der Waals surface area contributed by atoms with Crippen LogP contribution in [-0.2, 0) is 11.2 Å². The van der Waals surface area contributed by atoms with Gasteiger partial charge in [-0.2, -0.15) is 0 Å². The molecule has 1 aliphatic rings. The van der Waals surface area contributed by atoms with Crippen molar-refractivity contribution in [3.63, 3.8) is 0 Å². The van der Waals surface area contributed by atoms with Crippen molar-refractivity contribution in [2.75, 3.05) is 24.3 Å². The number of hydrogen-bond acceptors (Lipinski definition) is 4. The van der Waals surface area contributed by atoms with Gasteiger partial charge in [0, 0.05) is 23.5 Å². The van der Waals surface area contributed by atoms with Crippen LogP contribution in [0.1, 0.15) is 38.3 Å². The Morgan fingerprint density at radius 1 is 1.21 bits per heavy atom. The maximum atomic E-state index is 12.7. The molecule has 0 radical (unpaired) electrons. The molecular formula is C19H20N2O3. The van der Waals surface area contributed by atoms with Gasteiger partial charge in [-0.3, -0.25) is 4.79 Å². The first-order valence-electron chi connectivity index (χ1n) is 7.96. The molecule has 3 rings (SSSR count). The van der Waals surface area contributed by atoms with Crippen LogP contribution >= 0.6 is 0 Å². The second-order valence-electron chi connectivity index (χ2n) is 5.84. The maximum Gasteiger partial charge on any atom is 0.337 e. The van der Waals surface area contributed by atoms with Gasteiger partial charge in [0.2, 0.25) is 0 Å². The van der Waals surface area contributed by atoms with E-state index in [2.05, 4.69) is 10.6 Å². The van der Waals surface area contributed by atoms with E-state index in [0.717, 1.165) is 36.2 Å². The van der Waals surface area contributed by atoms with Crippen LogP contribution in [0.15, 0.2) is 36.4 Å². The molecule has 0 atom stereocenters. The topological polar surface area (TPSA) is 67.4 Å². The Bertz CT molecular complexity index is 799. The Kier molecular flexibility index (Phi) is 4.51. The number of amides is 1. The van der Waals surface area contributed by atoms with Crippen LogP contribution in [0.3, 0.4) is 0 Å². The van der Waals surface area contributed by atoms with Gasteiger partial charge in [0.15, 0.2) is 0 Å². The minimum Gasteiger partial charge on any atom is -0.465 e. The SMILES string of the molecule is COC(=O)c1ccc(C)c(NC(=O)c2cccc3c2CCCN3)c1. The average molecular weight is 324 g/mol. The first-order valence-corrected chi connectivity index (χ1v) is 7.96. The fourth-order valence-electron chi connectivity index (χ4n) is 2.91. The molecule has 5 heteroatoms. The molecule has 2 aromatic carbocycles. The Labute approximate surface area is 141 Å². The number of ether oxygens (including phenoxy) is 1. The molecule has 2 aromatic rings. The second-order valence-corrected chi connectivity index (χ2v) is 5.84. The minimum atomic E-state index is -0.424. The number of methoxy groups -OCH3 is 1. The standard InChI is InChI=1S/C19H20N2O3/c1-12-8-9-13(19(23)24-2)11-17(12)21-18(22)15-5-3-7-16-14(15)6-4-10-20-16/h3,5,7-9,11,20H,4,6,10H2,1-2H3,(H,21,22). The van der Waals surface area contributed by atoms with Crippen LogP contribution < -0.4 is 10.6 Å². The highest BCUT2D eigenvalue weighted by Gasteiger charge is 2.18. The van der Waals surface area contributed by atoms with Crippen molar-refractivity contribution in [2.45, 2.75) is 19.8 Å². The highest BCUT2D eigenvalue weighted by molar-refractivity contribution is 6.07. The smallest absolute Gasteiger partial charge is 0.337 e. The van der Waals surface area contributed by atoms with E-state index in [-0.39, 0.29) is 5.91 Å². The molecule has 0 aromatic heterocycles. The molecule has 124 valence electrons. The number of esters is 1. The zero-order chi connectivity index (χ0) is 17.1. The summed E-state index contributed by atoms with van der Waals surface area (Å²) in [5, 5.41) is 6.25. The first-order chi connectivity index (χ1) is 11.6. The van der Waals surface area contributed by atoms with Crippen molar-refractivity contribution in [1.29, 1.82) is 0 Å². The fourth-order valence-corrected chi connectivity index (χ4v) is 2.91. The van der Waals surface area contributed by atoms with Crippen LogP contribution in [0, 0.1) is 6.92 Å². The predicted molar refractivity (Wildman–Crippen MR) is 93.7 cm³/mol. The Morgan fingerprint density at radius 2 is 2.04 bits per heavy atom. The van der Waals surface area contributed by atoms with Gasteiger partial charge in [-0.05, 0) is 55.2 Å². The lowest BCUT2D eigenvalue weighted by Gasteiger charge is -2.20. The Balaban J connectivity index is 1.89. The number of aryl methyl sites for hydroxylation is 1. The molecule has 0 spiro atoms. The monoisotopic (exact) mass is 324 g/mol. The molecule has 0 bridgehead atoms. The van der Waals surface area contributed by atoms with Crippen molar-refractivity contribution in [2.24, 2.45) is 0 Å². The van der Waals surface area contributed by atoms with E-state index in [1.165, 1.54) is 7.11 Å². The van der Waals surface area contributed by atoms with E-state index in [1.54, 1.807) is 18.2 Å². The minimum absolute atomic E-state index is 0.166. The molecule has 0 aliphatic carbocycles. The summed E-state index contributed by atoms with van der Waals surface area (Å²) in [6.45, 7) is 2.82. The first kappa shape index (κ1) is 16.1. The number of carbonyl (C=O) groups is 2. The summed E-state index contributed by atoms with van der Waals surface area (Å²) in [5.41, 5.74) is 4.65. The summed E-state index contributed by atoms with van der Waals surface area (Å²) in [6, 6.07) is 10.8. The van der Waals surface area contributed by atoms with Crippen LogP contribution in [0.25, 0.3) is 0 Å². The highest BCUT2D eigenvalue weighted by atomic mass is 16.5. The molecule has 2 N–H and O–H groups in total. The number of hydrogen-bond donors (Lipinski definition) is 2. The zero-order valence-corrected chi connectivity index (χ0v) is 13.8. The molecule has 0 fully saturated rings. The molecule has 5 nitrogen and oxygen atoms in total. The third kappa shape index (κ3) is 3.11. The van der Waals surface area contributed by atoms with Crippen LogP contribution in [0.4, 0.5) is 11.4 Å². The number of carbonyl (C=O) groups excluding carboxylic acids is 2. The fraction of sp³-hybridized carbons (Fsp3) is 0.263. The molecule has 1 heterocycles. The molecule has 1 amide bonds. The van der Waals surface area contributed by atoms with E-state index in [1.807, 2.05) is 25.1 Å². The van der Waals surface area contributed by atoms with E-state index in [9.17, 15) is 9.59 Å². The van der Waals surface area contributed by atoms with Crippen LogP contribution in [-0.4, -0.2) is 25.5 Å². The molecule has 0 saturated carbocycles. The Hall–Kier alpha value is -2.82. The van der Waals surface area contributed by atoms with Crippen molar-refractivity contribution in [3.8, 4) is 0 Å². The van der Waals surface area contributed by atoms with Crippen molar-refractivity contribution in [3.05, 3.63) is 58.7 Å². The number of rotatable bonds is 3. The molecular weight excluding hydrogens is 304 g/mol. The van der Waals surface area contributed by atoms with Crippen LogP contribution in [0.5, 0.6) is 0 Å². The van der Waals surface area contributed by atoms with Gasteiger partial charge in [-0.25, -0.2) is 4.79 Å². The highest BCUT2D eigenvalue weighted by Crippen LogP contribution is 2.26. The van der Waals surface area contributed by atoms with E-state index in [4.69, 9.17) is 4.74 Å². The van der Waals surface area contributed by atoms with Crippen molar-refractivity contribution < 1.29 is 14.3 Å². The lowest BCUT2D eigenvalue weighted by molar-refractivity contribution is 0.0600. The van der Waals surface area contributed by atoms with E-state index < -0.39 is 5.97 Å². The maximum absolute atomic E-state index is 12.7. The van der Waals surface area contributed by atoms with Gasteiger partial charge in [0.05, 0.1) is 12.7 Å². The second kappa shape index (κ2) is 6.74. The summed E-state index contributed by atoms with van der Waals surface area (Å²) in [4.78, 5) is 24.4. The average Bonchev–Trinajstić information content (AvgIpc) is 2.62.